The quantitative estimate of drug-likeness (QED) is 0.254. The van der Waals surface area contributed by atoms with Gasteiger partial charge >= 0.3 is 5.97 Å². The molecular weight excluding hydrogens is 530 g/mol. The normalized spacial score (nSPS) is 12.1. The van der Waals surface area contributed by atoms with E-state index >= 15 is 0 Å². The fourth-order valence-electron chi connectivity index (χ4n) is 4.40. The van der Waals surface area contributed by atoms with Crippen LogP contribution >= 0.6 is 0 Å². The molecule has 1 heterocycles. The summed E-state index contributed by atoms with van der Waals surface area (Å²) >= 11 is 0. The molecule has 0 spiro atoms. The molecule has 0 aliphatic heterocycles. The first-order chi connectivity index (χ1) is 19.1. The second-order valence-corrected chi connectivity index (χ2v) is 12.0. The minimum Gasteiger partial charge on any atom is -0.478 e. The summed E-state index contributed by atoms with van der Waals surface area (Å²) < 4.78 is 26.1. The van der Waals surface area contributed by atoms with Crippen molar-refractivity contribution in [1.29, 1.82) is 0 Å². The number of ketones is 1. The number of amides is 1. The Morgan fingerprint density at radius 2 is 1.75 bits per heavy atom. The third-order valence-corrected chi connectivity index (χ3v) is 8.29. The van der Waals surface area contributed by atoms with Gasteiger partial charge < -0.3 is 16.2 Å². The first-order valence-corrected chi connectivity index (χ1v) is 14.9. The number of pyridine rings is 1. The van der Waals surface area contributed by atoms with Gasteiger partial charge in [-0.15, -0.1) is 0 Å². The maximum atomic E-state index is 13.1. The summed E-state index contributed by atoms with van der Waals surface area (Å²) in [6, 6.07) is 16.9. The van der Waals surface area contributed by atoms with Gasteiger partial charge in [-0.1, -0.05) is 42.0 Å². The summed E-state index contributed by atoms with van der Waals surface area (Å²) in [4.78, 5) is 41.0. The number of carboxylic acid groups (broad SMARTS) is 1. The van der Waals surface area contributed by atoms with Crippen molar-refractivity contribution in [2.24, 2.45) is 11.7 Å². The van der Waals surface area contributed by atoms with Gasteiger partial charge in [-0.3, -0.25) is 14.6 Å². The summed E-state index contributed by atoms with van der Waals surface area (Å²) in [6.45, 7) is 2.14. The van der Waals surface area contributed by atoms with E-state index in [-0.39, 0.29) is 36.5 Å². The molecule has 1 unspecified atom stereocenters. The molecule has 0 saturated carbocycles. The zero-order chi connectivity index (χ0) is 29.1. The molecule has 3 aromatic rings. The van der Waals surface area contributed by atoms with Gasteiger partial charge in [0.05, 0.1) is 29.5 Å². The number of aromatic nitrogens is 1. The summed E-state index contributed by atoms with van der Waals surface area (Å²) in [7, 11) is -3.74. The van der Waals surface area contributed by atoms with Crippen LogP contribution in [0.5, 0.6) is 0 Å². The number of nitrogens with two attached hydrogens (primary N) is 1. The van der Waals surface area contributed by atoms with Crippen molar-refractivity contribution in [3.05, 3.63) is 100 Å². The molecule has 1 amide bonds. The number of carbonyl (C=O) groups is 3. The van der Waals surface area contributed by atoms with Gasteiger partial charge in [0.1, 0.15) is 0 Å². The van der Waals surface area contributed by atoms with Gasteiger partial charge in [0, 0.05) is 24.9 Å². The van der Waals surface area contributed by atoms with Crippen molar-refractivity contribution in [2.75, 3.05) is 12.3 Å². The zero-order valence-electron chi connectivity index (χ0n) is 22.5. The fraction of sp³-hybridized carbons (Fsp3) is 0.333. The maximum Gasteiger partial charge on any atom is 0.335 e. The first kappa shape index (κ1) is 30.6. The lowest BCUT2D eigenvalue weighted by atomic mass is 9.99. The van der Waals surface area contributed by atoms with Gasteiger partial charge in [-0.25, -0.2) is 13.2 Å². The van der Waals surface area contributed by atoms with Crippen molar-refractivity contribution in [3.8, 4) is 0 Å². The Hall–Kier alpha value is -3.89. The Morgan fingerprint density at radius 3 is 2.40 bits per heavy atom. The van der Waals surface area contributed by atoms with E-state index in [1.807, 2.05) is 31.2 Å². The van der Waals surface area contributed by atoms with E-state index in [0.717, 1.165) is 22.4 Å². The van der Waals surface area contributed by atoms with Crippen LogP contribution in [0.25, 0.3) is 0 Å². The lowest BCUT2D eigenvalue weighted by Crippen LogP contribution is -2.38. The number of hydrogen-bond donors (Lipinski definition) is 3. The number of aryl methyl sites for hydroxylation is 3. The highest BCUT2D eigenvalue weighted by molar-refractivity contribution is 7.90. The molecule has 10 heteroatoms. The Labute approximate surface area is 234 Å². The van der Waals surface area contributed by atoms with Gasteiger partial charge in [-0.2, -0.15) is 0 Å². The zero-order valence-corrected chi connectivity index (χ0v) is 23.3. The SMILES string of the molecule is Cc1ccc(CN)c(CCC(=O)CNC(=O)C(CCc2ccccn2)CS(=O)(=O)Cc2ccc(C(=O)O)cc2)c1. The average Bonchev–Trinajstić information content (AvgIpc) is 2.93. The van der Waals surface area contributed by atoms with Crippen LogP contribution in [0.15, 0.2) is 66.9 Å². The molecule has 0 aliphatic rings. The summed E-state index contributed by atoms with van der Waals surface area (Å²) in [5, 5.41) is 11.7. The molecule has 4 N–H and O–H groups in total. The third kappa shape index (κ3) is 9.69. The number of sulfone groups is 1. The molecule has 0 fully saturated rings. The molecule has 2 aromatic carbocycles. The predicted octanol–water partition coefficient (Wildman–Crippen LogP) is 3.03. The average molecular weight is 566 g/mol. The summed E-state index contributed by atoms with van der Waals surface area (Å²) in [5.74, 6) is -3.41. The van der Waals surface area contributed by atoms with Crippen LogP contribution in [-0.2, 0) is 44.6 Å². The van der Waals surface area contributed by atoms with Crippen LogP contribution in [0.4, 0.5) is 0 Å². The molecule has 0 saturated heterocycles. The second kappa shape index (κ2) is 14.5. The van der Waals surface area contributed by atoms with Gasteiger partial charge in [0.15, 0.2) is 15.6 Å². The highest BCUT2D eigenvalue weighted by Gasteiger charge is 2.26. The van der Waals surface area contributed by atoms with Crippen LogP contribution in [0.1, 0.15) is 51.1 Å². The van der Waals surface area contributed by atoms with Crippen LogP contribution in [0.3, 0.4) is 0 Å². The van der Waals surface area contributed by atoms with Crippen LogP contribution < -0.4 is 11.1 Å². The fourth-order valence-corrected chi connectivity index (χ4v) is 6.15. The number of hydrogen-bond acceptors (Lipinski definition) is 7. The molecule has 1 aromatic heterocycles. The monoisotopic (exact) mass is 565 g/mol. The molecule has 9 nitrogen and oxygen atoms in total. The lowest BCUT2D eigenvalue weighted by molar-refractivity contribution is -0.127. The maximum absolute atomic E-state index is 13.1. The first-order valence-electron chi connectivity index (χ1n) is 13.1. The predicted molar refractivity (Wildman–Crippen MR) is 152 cm³/mol. The van der Waals surface area contributed by atoms with E-state index in [1.54, 1.807) is 18.3 Å². The van der Waals surface area contributed by atoms with Crippen LogP contribution in [-0.4, -0.2) is 48.5 Å². The van der Waals surface area contributed by atoms with Crippen molar-refractivity contribution in [3.63, 3.8) is 0 Å². The Balaban J connectivity index is 1.63. The largest absolute Gasteiger partial charge is 0.478 e. The third-order valence-electron chi connectivity index (χ3n) is 6.60. The number of nitrogens with zero attached hydrogens (tertiary/aromatic N) is 1. The standard InChI is InChI=1S/C30H35N3O6S/c1-21-5-8-25(17-31)24(16-21)12-14-28(34)18-33-29(35)26(11-13-27-4-2-3-15-32-27)20-40(38,39)19-22-6-9-23(10-7-22)30(36)37/h2-10,15-16,26H,11-14,17-20,31H2,1H3,(H,33,35)(H,36,37). The number of Topliss-reactive ketones (excluding diaryl/α,β-unsaturated/α-hetero) is 1. The molecular formula is C30H35N3O6S. The molecule has 40 heavy (non-hydrogen) atoms. The number of nitrogens with one attached hydrogen (secondary N) is 1. The van der Waals surface area contributed by atoms with Gasteiger partial charge in [0.2, 0.25) is 5.91 Å². The minimum absolute atomic E-state index is 0.0556. The molecule has 0 aliphatic carbocycles. The number of carbonyl (C=O) groups excluding carboxylic acids is 2. The Kier molecular flexibility index (Phi) is 11.1. The van der Waals surface area contributed by atoms with Crippen molar-refractivity contribution >= 4 is 27.5 Å². The van der Waals surface area contributed by atoms with E-state index in [4.69, 9.17) is 10.8 Å². The molecule has 3 rings (SSSR count). The Bertz CT molecular complexity index is 1420. The summed E-state index contributed by atoms with van der Waals surface area (Å²) in [5.41, 5.74) is 10.1. The van der Waals surface area contributed by atoms with E-state index in [1.165, 1.54) is 24.3 Å². The topological polar surface area (TPSA) is 157 Å². The number of rotatable bonds is 15. The smallest absolute Gasteiger partial charge is 0.335 e. The second-order valence-electron chi connectivity index (χ2n) is 9.85. The Morgan fingerprint density at radius 1 is 1.00 bits per heavy atom. The van der Waals surface area contributed by atoms with Crippen molar-refractivity contribution < 1.29 is 27.9 Å². The van der Waals surface area contributed by atoms with E-state index < -0.39 is 33.4 Å². The molecule has 1 atom stereocenters. The minimum atomic E-state index is -3.74. The van der Waals surface area contributed by atoms with E-state index in [2.05, 4.69) is 10.3 Å². The van der Waals surface area contributed by atoms with E-state index in [9.17, 15) is 22.8 Å². The number of carboxylic acids is 1. The van der Waals surface area contributed by atoms with Gasteiger partial charge in [-0.05, 0) is 67.1 Å². The summed E-state index contributed by atoms with van der Waals surface area (Å²) in [6.07, 6.45) is 2.98. The highest BCUT2D eigenvalue weighted by atomic mass is 32.2. The van der Waals surface area contributed by atoms with Gasteiger partial charge in [0.25, 0.3) is 0 Å². The lowest BCUT2D eigenvalue weighted by Gasteiger charge is -2.17. The number of benzene rings is 2. The van der Waals surface area contributed by atoms with E-state index in [0.29, 0.717) is 24.9 Å². The number of aromatic carboxylic acids is 1. The molecule has 0 radical (unpaired) electrons. The van der Waals surface area contributed by atoms with Crippen LogP contribution in [0.2, 0.25) is 0 Å². The van der Waals surface area contributed by atoms with Crippen molar-refractivity contribution in [1.82, 2.24) is 10.3 Å². The van der Waals surface area contributed by atoms with Crippen molar-refractivity contribution in [2.45, 2.75) is 44.9 Å². The highest BCUT2D eigenvalue weighted by Crippen LogP contribution is 2.17. The molecule has 212 valence electrons. The molecule has 0 bridgehead atoms. The van der Waals surface area contributed by atoms with Crippen LogP contribution in [0, 0.1) is 12.8 Å².